The van der Waals surface area contributed by atoms with Crippen molar-refractivity contribution >= 4 is 35.9 Å². The summed E-state index contributed by atoms with van der Waals surface area (Å²) >= 11 is 5.68. The minimum atomic E-state index is -1.11. The molecule has 0 amide bonds. The number of aromatic nitrogens is 1. The second kappa shape index (κ2) is 10.9. The highest BCUT2D eigenvalue weighted by Gasteiger charge is 2.20. The first-order valence-corrected chi connectivity index (χ1v) is 8.07. The van der Waals surface area contributed by atoms with Crippen LogP contribution in [0, 0.1) is 10.1 Å². The molecule has 28 heavy (non-hydrogen) atoms. The molecule has 0 saturated heterocycles. The number of nitrogens with zero attached hydrogens (tertiary/aromatic N) is 4. The van der Waals surface area contributed by atoms with Gasteiger partial charge in [0.25, 0.3) is 5.96 Å². The van der Waals surface area contributed by atoms with Crippen LogP contribution in [0.2, 0.25) is 5.15 Å². The fourth-order valence-electron chi connectivity index (χ4n) is 2.20. The molecule has 3 N–H and O–H groups in total. The van der Waals surface area contributed by atoms with Gasteiger partial charge in [-0.1, -0.05) is 35.2 Å². The Hall–Kier alpha value is -3.11. The zero-order valence-electron chi connectivity index (χ0n) is 14.4. The first-order valence-electron chi connectivity index (χ1n) is 7.69. The molecule has 0 fully saturated rings. The number of hydrazine groups is 1. The summed E-state index contributed by atoms with van der Waals surface area (Å²) < 4.78 is 0. The Kier molecular flexibility index (Phi) is 8.93. The third-order valence-corrected chi connectivity index (χ3v) is 3.64. The number of carbonyl (C=O) groups is 1. The van der Waals surface area contributed by atoms with E-state index in [1.54, 1.807) is 29.3 Å². The molecule has 1 aromatic heterocycles. The van der Waals surface area contributed by atoms with Gasteiger partial charge in [-0.05, 0) is 23.8 Å². The average Bonchev–Trinajstić information content (AvgIpc) is 3.04. The highest BCUT2D eigenvalue weighted by molar-refractivity contribution is 6.29. The van der Waals surface area contributed by atoms with Gasteiger partial charge in [0, 0.05) is 19.3 Å². The number of nitro groups is 1. The third-order valence-electron chi connectivity index (χ3n) is 3.42. The van der Waals surface area contributed by atoms with Crippen molar-refractivity contribution in [2.24, 2.45) is 4.99 Å². The lowest BCUT2D eigenvalue weighted by Gasteiger charge is -2.17. The van der Waals surface area contributed by atoms with Gasteiger partial charge >= 0.3 is 5.97 Å². The van der Waals surface area contributed by atoms with E-state index in [1.165, 1.54) is 12.1 Å². The molecule has 150 valence electrons. The molecule has 0 aliphatic carbocycles. The Labute approximate surface area is 171 Å². The number of pyridine rings is 1. The number of aliphatic imine (C=N–C) groups is 1. The minimum Gasteiger partial charge on any atom is -0.507 e. The zero-order chi connectivity index (χ0) is 19.8. The van der Waals surface area contributed by atoms with Crippen molar-refractivity contribution in [1.82, 2.24) is 15.3 Å². The Morgan fingerprint density at radius 2 is 2.04 bits per heavy atom. The van der Waals surface area contributed by atoms with Crippen LogP contribution in [-0.2, 0) is 6.54 Å². The summed E-state index contributed by atoms with van der Waals surface area (Å²) in [5, 5.41) is 27.5. The molecule has 12 heteroatoms. The van der Waals surface area contributed by atoms with Crippen molar-refractivity contribution in [2.75, 3.05) is 13.1 Å². The number of hydrogen-bond donors (Lipinski definition) is 3. The first kappa shape index (κ1) is 22.9. The molecule has 0 atom stereocenters. The molecule has 1 aliphatic heterocycles. The van der Waals surface area contributed by atoms with E-state index >= 15 is 0 Å². The molecule has 1 aromatic carbocycles. The molecule has 3 rings (SSSR count). The first-order chi connectivity index (χ1) is 12.9. The van der Waals surface area contributed by atoms with Crippen LogP contribution < -0.4 is 5.43 Å². The van der Waals surface area contributed by atoms with Gasteiger partial charge < -0.3 is 15.1 Å². The zero-order valence-corrected chi connectivity index (χ0v) is 15.9. The van der Waals surface area contributed by atoms with Crippen LogP contribution in [0.3, 0.4) is 0 Å². The molecule has 0 saturated carbocycles. The number of halogens is 2. The number of carboxylic acid groups (broad SMARTS) is 1. The molecule has 10 nitrogen and oxygen atoms in total. The van der Waals surface area contributed by atoms with Gasteiger partial charge in [0.15, 0.2) is 5.03 Å². The average molecular weight is 430 g/mol. The van der Waals surface area contributed by atoms with Gasteiger partial charge in [0.2, 0.25) is 0 Å². The number of carboxylic acids is 1. The molecule has 0 bridgehead atoms. The number of benzene rings is 1. The van der Waals surface area contributed by atoms with Gasteiger partial charge in [-0.25, -0.2) is 24.9 Å². The van der Waals surface area contributed by atoms with Crippen LogP contribution in [0.5, 0.6) is 5.75 Å². The second-order valence-electron chi connectivity index (χ2n) is 5.31. The number of nitrogens with one attached hydrogen (secondary N) is 1. The normalized spacial score (nSPS) is 12.2. The van der Waals surface area contributed by atoms with Gasteiger partial charge in [0.1, 0.15) is 16.5 Å². The molecular weight excluding hydrogens is 413 g/mol. The van der Waals surface area contributed by atoms with E-state index in [2.05, 4.69) is 15.4 Å². The summed E-state index contributed by atoms with van der Waals surface area (Å²) in [5.41, 5.74) is 2.93. The highest BCUT2D eigenvalue weighted by Crippen LogP contribution is 2.14. The number of hydrogen-bond acceptors (Lipinski definition) is 7. The summed E-state index contributed by atoms with van der Waals surface area (Å²) in [6.45, 7) is 1.72. The van der Waals surface area contributed by atoms with Crippen molar-refractivity contribution in [3.63, 3.8) is 0 Å². The maximum Gasteiger partial charge on any atom is 0.339 e. The van der Waals surface area contributed by atoms with E-state index in [1.807, 2.05) is 6.07 Å². The molecule has 0 unspecified atom stereocenters. The van der Waals surface area contributed by atoms with Crippen LogP contribution in [0.25, 0.3) is 0 Å². The van der Waals surface area contributed by atoms with E-state index in [9.17, 15) is 14.9 Å². The molecule has 0 spiro atoms. The fourth-order valence-corrected chi connectivity index (χ4v) is 2.31. The number of aromatic hydroxyl groups is 1. The largest absolute Gasteiger partial charge is 0.507 e. The molecule has 0 radical (unpaired) electrons. The molecule has 2 heterocycles. The number of para-hydroxylation sites is 1. The number of rotatable bonds is 4. The fraction of sp³-hybridized carbons (Fsp3) is 0.188. The predicted octanol–water partition coefficient (Wildman–Crippen LogP) is 2.20. The summed E-state index contributed by atoms with van der Waals surface area (Å²) in [5.74, 6) is -1.03. The highest BCUT2D eigenvalue weighted by atomic mass is 35.5. The van der Waals surface area contributed by atoms with Crippen molar-refractivity contribution in [3.8, 4) is 5.75 Å². The minimum absolute atomic E-state index is 0. The lowest BCUT2D eigenvalue weighted by Crippen LogP contribution is -2.40. The van der Waals surface area contributed by atoms with Crippen LogP contribution in [0.4, 0.5) is 0 Å². The SMILES string of the molecule is Cl.O=C(O)c1ccccc1O.O=[N+]([O-])NC1=NCCN1Cc1ccc(Cl)nc1. The van der Waals surface area contributed by atoms with Crippen molar-refractivity contribution in [3.05, 3.63) is 69.0 Å². The lowest BCUT2D eigenvalue weighted by atomic mass is 10.2. The maximum absolute atomic E-state index is 10.4. The van der Waals surface area contributed by atoms with Crippen LogP contribution in [0.1, 0.15) is 15.9 Å². The van der Waals surface area contributed by atoms with E-state index < -0.39 is 11.0 Å². The number of guanidine groups is 1. The number of phenols is 1. The Morgan fingerprint density at radius 1 is 1.32 bits per heavy atom. The lowest BCUT2D eigenvalue weighted by molar-refractivity contribution is -0.526. The maximum atomic E-state index is 10.4. The summed E-state index contributed by atoms with van der Waals surface area (Å²) in [4.78, 5) is 30.4. The molecular formula is C16H17Cl2N5O5. The Morgan fingerprint density at radius 3 is 2.57 bits per heavy atom. The smallest absolute Gasteiger partial charge is 0.339 e. The van der Waals surface area contributed by atoms with Gasteiger partial charge in [0.05, 0.1) is 6.54 Å². The van der Waals surface area contributed by atoms with Crippen LogP contribution in [0.15, 0.2) is 47.6 Å². The quantitative estimate of drug-likeness (QED) is 0.381. The van der Waals surface area contributed by atoms with Crippen molar-refractivity contribution in [1.29, 1.82) is 0 Å². The Bertz CT molecular complexity index is 848. The van der Waals surface area contributed by atoms with E-state index in [-0.39, 0.29) is 29.7 Å². The summed E-state index contributed by atoms with van der Waals surface area (Å²) in [7, 11) is 0. The van der Waals surface area contributed by atoms with Crippen LogP contribution >= 0.6 is 24.0 Å². The van der Waals surface area contributed by atoms with E-state index in [0.29, 0.717) is 24.8 Å². The molecule has 2 aromatic rings. The second-order valence-corrected chi connectivity index (χ2v) is 5.69. The monoisotopic (exact) mass is 429 g/mol. The summed E-state index contributed by atoms with van der Waals surface area (Å²) in [6, 6.07) is 9.33. The Balaban J connectivity index is 0.000000307. The number of aromatic carboxylic acids is 1. The summed E-state index contributed by atoms with van der Waals surface area (Å²) in [6.07, 6.45) is 1.64. The van der Waals surface area contributed by atoms with Crippen LogP contribution in [-0.4, -0.2) is 50.1 Å². The predicted molar refractivity (Wildman–Crippen MR) is 104 cm³/mol. The third kappa shape index (κ3) is 6.89. The van der Waals surface area contributed by atoms with Crippen molar-refractivity contribution in [2.45, 2.75) is 6.54 Å². The van der Waals surface area contributed by atoms with Gasteiger partial charge in [-0.3, -0.25) is 0 Å². The topological polar surface area (TPSA) is 141 Å². The van der Waals surface area contributed by atoms with Gasteiger partial charge in [-0.2, -0.15) is 0 Å². The van der Waals surface area contributed by atoms with E-state index in [0.717, 1.165) is 5.56 Å². The van der Waals surface area contributed by atoms with Gasteiger partial charge in [-0.15, -0.1) is 12.4 Å². The van der Waals surface area contributed by atoms with E-state index in [4.69, 9.17) is 21.8 Å². The van der Waals surface area contributed by atoms with Crippen molar-refractivity contribution < 1.29 is 20.0 Å². The standard InChI is InChI=1S/C9H10ClN5O2.C7H6O3.ClH/c10-8-2-1-7(5-12-8)6-14-4-3-11-9(14)13-15(16)17;8-6-4-2-1-3-5(6)7(9)10;/h1-2,5H,3-4,6H2,(H,11,13);1-4,8H,(H,9,10);1H. The molecule has 1 aliphatic rings.